The van der Waals surface area contributed by atoms with Crippen molar-refractivity contribution in [1.82, 2.24) is 0 Å². The van der Waals surface area contributed by atoms with Crippen molar-refractivity contribution < 1.29 is 38.0 Å². The van der Waals surface area contributed by atoms with E-state index in [1.54, 1.807) is 13.8 Å². The van der Waals surface area contributed by atoms with Crippen LogP contribution in [-0.2, 0) is 28.5 Å². The second-order valence-corrected chi connectivity index (χ2v) is 10.1. The van der Waals surface area contributed by atoms with Crippen molar-refractivity contribution >= 4 is 45.1 Å². The second kappa shape index (κ2) is 15.4. The molecular weight excluding hydrogens is 548 g/mol. The molecule has 0 radical (unpaired) electrons. The standard InChI is InChI=1S/C32H37ClO8/c1-7-29(34)40-22(5)18-36-20(3)16-38-31-25-11-9-10-12-26(25)32(28-15-24(33)13-14-27(28)31)39-17-21(4)37-19-23(6)41-30(35)8-2/h7-15,20-23H,1-2,16-19H2,3-6H3. The van der Waals surface area contributed by atoms with Gasteiger partial charge >= 0.3 is 11.9 Å². The molecule has 0 aliphatic carbocycles. The van der Waals surface area contributed by atoms with Crippen molar-refractivity contribution in [3.8, 4) is 11.5 Å². The van der Waals surface area contributed by atoms with Gasteiger partial charge < -0.3 is 28.4 Å². The summed E-state index contributed by atoms with van der Waals surface area (Å²) in [6.45, 7) is 15.1. The summed E-state index contributed by atoms with van der Waals surface area (Å²) in [7, 11) is 0. The molecule has 3 aromatic rings. The monoisotopic (exact) mass is 584 g/mol. The van der Waals surface area contributed by atoms with Crippen LogP contribution in [0.1, 0.15) is 27.7 Å². The molecule has 41 heavy (non-hydrogen) atoms. The average Bonchev–Trinajstić information content (AvgIpc) is 2.96. The zero-order valence-electron chi connectivity index (χ0n) is 23.9. The Bertz CT molecular complexity index is 1370. The van der Waals surface area contributed by atoms with Gasteiger partial charge in [0.15, 0.2) is 0 Å². The van der Waals surface area contributed by atoms with Crippen LogP contribution < -0.4 is 9.47 Å². The van der Waals surface area contributed by atoms with E-state index in [1.807, 2.05) is 56.3 Å². The van der Waals surface area contributed by atoms with E-state index in [0.29, 0.717) is 16.5 Å². The van der Waals surface area contributed by atoms with Gasteiger partial charge in [0.25, 0.3) is 0 Å². The van der Waals surface area contributed by atoms with Gasteiger partial charge in [0.1, 0.15) is 36.9 Å². The number of fused-ring (bicyclic) bond motifs is 2. The molecule has 0 saturated carbocycles. The molecular formula is C32H37ClO8. The third kappa shape index (κ3) is 9.21. The van der Waals surface area contributed by atoms with E-state index >= 15 is 0 Å². The summed E-state index contributed by atoms with van der Waals surface area (Å²) in [5.74, 6) is 0.359. The summed E-state index contributed by atoms with van der Waals surface area (Å²) in [6, 6.07) is 13.4. The maximum Gasteiger partial charge on any atom is 0.330 e. The molecule has 0 bridgehead atoms. The molecule has 0 spiro atoms. The van der Waals surface area contributed by atoms with Gasteiger partial charge in [-0.3, -0.25) is 0 Å². The van der Waals surface area contributed by atoms with Gasteiger partial charge in [-0.1, -0.05) is 49.0 Å². The van der Waals surface area contributed by atoms with Gasteiger partial charge in [0.05, 0.1) is 25.4 Å². The Hall–Kier alpha value is -3.59. The van der Waals surface area contributed by atoms with Crippen LogP contribution in [0.25, 0.3) is 21.5 Å². The first-order chi connectivity index (χ1) is 19.6. The summed E-state index contributed by atoms with van der Waals surface area (Å²) in [5.41, 5.74) is 0. The fourth-order valence-electron chi connectivity index (χ4n) is 4.04. The summed E-state index contributed by atoms with van der Waals surface area (Å²) >= 11 is 6.41. The fraction of sp³-hybridized carbons (Fsp3) is 0.375. The molecule has 0 amide bonds. The average molecular weight is 585 g/mol. The van der Waals surface area contributed by atoms with Crippen molar-refractivity contribution in [2.75, 3.05) is 26.4 Å². The number of rotatable bonds is 16. The molecule has 3 rings (SSSR count). The molecule has 8 nitrogen and oxygen atoms in total. The van der Waals surface area contributed by atoms with Crippen LogP contribution in [0.2, 0.25) is 5.02 Å². The van der Waals surface area contributed by atoms with E-state index in [2.05, 4.69) is 13.2 Å². The molecule has 4 unspecified atom stereocenters. The lowest BCUT2D eigenvalue weighted by molar-refractivity contribution is -0.147. The topological polar surface area (TPSA) is 89.5 Å². The largest absolute Gasteiger partial charge is 0.490 e. The summed E-state index contributed by atoms with van der Waals surface area (Å²) in [5, 5.41) is 3.92. The normalized spacial score (nSPS) is 14.1. The lowest BCUT2D eigenvalue weighted by Gasteiger charge is -2.22. The molecule has 0 aliphatic heterocycles. The molecule has 0 N–H and O–H groups in total. The van der Waals surface area contributed by atoms with Crippen LogP contribution in [0.4, 0.5) is 0 Å². The molecule has 9 heteroatoms. The molecule has 0 aliphatic rings. The highest BCUT2D eigenvalue weighted by atomic mass is 35.5. The maximum absolute atomic E-state index is 11.4. The van der Waals surface area contributed by atoms with Crippen LogP contribution in [-0.4, -0.2) is 62.8 Å². The van der Waals surface area contributed by atoms with Crippen LogP contribution in [0.3, 0.4) is 0 Å². The first kappa shape index (κ1) is 31.9. The zero-order valence-corrected chi connectivity index (χ0v) is 24.6. The Morgan fingerprint density at radius 2 is 1.12 bits per heavy atom. The third-order valence-electron chi connectivity index (χ3n) is 6.01. The van der Waals surface area contributed by atoms with Gasteiger partial charge in [-0.2, -0.15) is 0 Å². The number of hydrogen-bond acceptors (Lipinski definition) is 8. The van der Waals surface area contributed by atoms with Crippen LogP contribution in [0, 0.1) is 0 Å². The molecule has 220 valence electrons. The minimum atomic E-state index is -0.494. The van der Waals surface area contributed by atoms with Gasteiger partial charge in [-0.05, 0) is 45.9 Å². The Morgan fingerprint density at radius 1 is 0.683 bits per heavy atom. The van der Waals surface area contributed by atoms with Crippen LogP contribution >= 0.6 is 11.6 Å². The Kier molecular flexibility index (Phi) is 12.0. The number of ether oxygens (including phenoxy) is 6. The van der Waals surface area contributed by atoms with E-state index < -0.39 is 24.1 Å². The highest BCUT2D eigenvalue weighted by molar-refractivity contribution is 6.31. The number of esters is 2. The predicted octanol–water partition coefficient (Wildman–Crippen LogP) is 6.45. The number of carbonyl (C=O) groups excluding carboxylic acids is 2. The first-order valence-electron chi connectivity index (χ1n) is 13.4. The van der Waals surface area contributed by atoms with E-state index in [0.717, 1.165) is 33.7 Å². The molecule has 0 saturated heterocycles. The van der Waals surface area contributed by atoms with E-state index in [9.17, 15) is 9.59 Å². The highest BCUT2D eigenvalue weighted by Gasteiger charge is 2.19. The van der Waals surface area contributed by atoms with Gasteiger partial charge in [-0.15, -0.1) is 0 Å². The molecule has 4 atom stereocenters. The van der Waals surface area contributed by atoms with Crippen molar-refractivity contribution in [1.29, 1.82) is 0 Å². The van der Waals surface area contributed by atoms with Crippen molar-refractivity contribution in [3.63, 3.8) is 0 Å². The molecule has 3 aromatic carbocycles. The fourth-order valence-corrected chi connectivity index (χ4v) is 4.21. The smallest absolute Gasteiger partial charge is 0.330 e. The maximum atomic E-state index is 11.4. The Morgan fingerprint density at radius 3 is 1.59 bits per heavy atom. The van der Waals surface area contributed by atoms with Gasteiger partial charge in [0.2, 0.25) is 0 Å². The summed E-state index contributed by atoms with van der Waals surface area (Å²) in [6.07, 6.45) is 0.849. The Labute approximate surface area is 245 Å². The number of carbonyl (C=O) groups is 2. The van der Waals surface area contributed by atoms with Crippen LogP contribution in [0.15, 0.2) is 67.8 Å². The summed E-state index contributed by atoms with van der Waals surface area (Å²) in [4.78, 5) is 22.8. The van der Waals surface area contributed by atoms with Gasteiger partial charge in [-0.25, -0.2) is 9.59 Å². The molecule has 0 heterocycles. The lowest BCUT2D eigenvalue weighted by atomic mass is 10.0. The van der Waals surface area contributed by atoms with E-state index in [-0.39, 0.29) is 38.6 Å². The van der Waals surface area contributed by atoms with Crippen molar-refractivity contribution in [2.24, 2.45) is 0 Å². The molecule has 0 fully saturated rings. The minimum absolute atomic E-state index is 0.222. The van der Waals surface area contributed by atoms with Crippen molar-refractivity contribution in [3.05, 3.63) is 72.8 Å². The van der Waals surface area contributed by atoms with Crippen molar-refractivity contribution in [2.45, 2.75) is 52.1 Å². The number of halogens is 1. The zero-order chi connectivity index (χ0) is 29.9. The first-order valence-corrected chi connectivity index (χ1v) is 13.8. The molecule has 0 aromatic heterocycles. The predicted molar refractivity (Wildman–Crippen MR) is 160 cm³/mol. The number of hydrogen-bond donors (Lipinski definition) is 0. The van der Waals surface area contributed by atoms with E-state index in [4.69, 9.17) is 40.0 Å². The second-order valence-electron chi connectivity index (χ2n) is 9.71. The summed E-state index contributed by atoms with van der Waals surface area (Å²) < 4.78 is 34.7. The SMILES string of the molecule is C=CC(=O)OC(C)COC(C)COc1c2ccccc2c(OCC(C)OCC(C)OC(=O)C=C)c2cc(Cl)ccc12. The van der Waals surface area contributed by atoms with E-state index in [1.165, 1.54) is 0 Å². The number of benzene rings is 3. The lowest BCUT2D eigenvalue weighted by Crippen LogP contribution is -2.26. The van der Waals surface area contributed by atoms with Gasteiger partial charge in [0, 0.05) is 38.7 Å². The minimum Gasteiger partial charge on any atom is -0.490 e. The quantitative estimate of drug-likeness (QED) is 0.108. The highest BCUT2D eigenvalue weighted by Crippen LogP contribution is 2.43. The van der Waals surface area contributed by atoms with Crippen LogP contribution in [0.5, 0.6) is 11.5 Å². The third-order valence-corrected chi connectivity index (χ3v) is 6.25. The Balaban J connectivity index is 1.78.